The Labute approximate surface area is 356 Å². The number of aromatic amines is 2. The summed E-state index contributed by atoms with van der Waals surface area (Å²) in [5.74, 6) is -3.77. The van der Waals surface area contributed by atoms with Crippen molar-refractivity contribution in [1.29, 1.82) is 0 Å². The first-order valence-corrected chi connectivity index (χ1v) is 20.3. The van der Waals surface area contributed by atoms with E-state index in [2.05, 4.69) is 30.3 Å². The summed E-state index contributed by atoms with van der Waals surface area (Å²) in [4.78, 5) is 70.2. The minimum Gasteiger partial charge on any atom is -0.453 e. The van der Waals surface area contributed by atoms with Crippen LogP contribution in [0.15, 0.2) is 72.9 Å². The highest BCUT2D eigenvalue weighted by molar-refractivity contribution is 6.32. The van der Waals surface area contributed by atoms with Gasteiger partial charge < -0.3 is 35.0 Å². The SMILES string of the molecule is COC(=O)N[C@H]1CCc2cccc3c2N(C1=O)[C@H](c1ncc(-c2ccc(-c4ccc(-c5nc([C@H](C)N(CC(C)(F)F)C(=O)[C@@H](NC(=O)OC)C(C)C)[nH]c5Cl)cc4)cc2)[nH]1)C3. The van der Waals surface area contributed by atoms with E-state index in [9.17, 15) is 28.0 Å². The number of halogens is 3. The van der Waals surface area contributed by atoms with Crippen LogP contribution in [-0.2, 0) is 31.9 Å². The first-order valence-electron chi connectivity index (χ1n) is 19.9. The predicted molar refractivity (Wildman–Crippen MR) is 225 cm³/mol. The molecule has 2 aliphatic heterocycles. The topological polar surface area (TPSA) is 175 Å². The molecule has 4 N–H and O–H groups in total. The van der Waals surface area contributed by atoms with E-state index in [1.165, 1.54) is 7.11 Å². The molecule has 14 nitrogen and oxygen atoms in total. The van der Waals surface area contributed by atoms with Gasteiger partial charge in [-0.15, -0.1) is 0 Å². The van der Waals surface area contributed by atoms with E-state index in [1.807, 2.05) is 66.7 Å². The van der Waals surface area contributed by atoms with Gasteiger partial charge in [0, 0.05) is 18.9 Å². The van der Waals surface area contributed by atoms with Crippen LogP contribution < -0.4 is 15.5 Å². The van der Waals surface area contributed by atoms with Crippen LogP contribution in [0.25, 0.3) is 33.6 Å². The van der Waals surface area contributed by atoms with Crippen LogP contribution in [0.1, 0.15) is 69.0 Å². The van der Waals surface area contributed by atoms with Crippen molar-refractivity contribution in [2.45, 2.75) is 77.0 Å². The van der Waals surface area contributed by atoms with Crippen molar-refractivity contribution in [1.82, 2.24) is 35.5 Å². The smallest absolute Gasteiger partial charge is 0.407 e. The molecular formula is C44H47ClF2N8O6. The minimum atomic E-state index is -3.25. The lowest BCUT2D eigenvalue weighted by atomic mass is 10.0. The molecule has 0 unspecified atom stereocenters. The maximum absolute atomic E-state index is 14.5. The third-order valence-corrected chi connectivity index (χ3v) is 11.4. The molecule has 5 aromatic rings. The van der Waals surface area contributed by atoms with Crippen LogP contribution in [0.4, 0.5) is 24.1 Å². The van der Waals surface area contributed by atoms with Gasteiger partial charge in [0.25, 0.3) is 5.92 Å². The molecule has 320 valence electrons. The van der Waals surface area contributed by atoms with Crippen LogP contribution in [0, 0.1) is 5.92 Å². The number of alkyl carbamates (subject to hydrolysis) is 2. The van der Waals surface area contributed by atoms with Crippen LogP contribution in [-0.4, -0.2) is 87.6 Å². The van der Waals surface area contributed by atoms with Gasteiger partial charge in [-0.3, -0.25) is 14.5 Å². The number of para-hydroxylation sites is 1. The molecule has 4 amide bonds. The molecule has 7 rings (SSSR count). The normalized spacial score (nSPS) is 17.0. The predicted octanol–water partition coefficient (Wildman–Crippen LogP) is 8.01. The molecule has 0 saturated carbocycles. The first kappa shape index (κ1) is 42.8. The molecule has 2 aliphatic rings. The monoisotopic (exact) mass is 856 g/mol. The number of aryl methyl sites for hydroxylation is 1. The molecule has 0 saturated heterocycles. The fourth-order valence-corrected chi connectivity index (χ4v) is 8.24. The summed E-state index contributed by atoms with van der Waals surface area (Å²) < 4.78 is 38.4. The molecule has 61 heavy (non-hydrogen) atoms. The number of carbonyl (C=O) groups is 4. The summed E-state index contributed by atoms with van der Waals surface area (Å²) in [6, 6.07) is 18.3. The summed E-state index contributed by atoms with van der Waals surface area (Å²) in [5.41, 5.74) is 7.54. The molecule has 0 aliphatic carbocycles. The van der Waals surface area contributed by atoms with Crippen LogP contribution in [0.5, 0.6) is 0 Å². The van der Waals surface area contributed by atoms with Crippen molar-refractivity contribution in [3.8, 4) is 33.6 Å². The second-order valence-electron chi connectivity index (χ2n) is 15.8. The van der Waals surface area contributed by atoms with Crippen LogP contribution >= 0.6 is 11.6 Å². The average molecular weight is 857 g/mol. The van der Waals surface area contributed by atoms with E-state index in [1.54, 1.807) is 31.9 Å². The van der Waals surface area contributed by atoms with Crippen molar-refractivity contribution < 1.29 is 37.4 Å². The Morgan fingerprint density at radius 1 is 0.934 bits per heavy atom. The second kappa shape index (κ2) is 17.4. The molecule has 0 radical (unpaired) electrons. The number of imidazole rings is 2. The Morgan fingerprint density at radius 2 is 1.56 bits per heavy atom. The maximum Gasteiger partial charge on any atom is 0.407 e. The van der Waals surface area contributed by atoms with Gasteiger partial charge in [-0.1, -0.05) is 92.2 Å². The van der Waals surface area contributed by atoms with Gasteiger partial charge in [0.2, 0.25) is 11.8 Å². The largest absolute Gasteiger partial charge is 0.453 e. The van der Waals surface area contributed by atoms with Crippen molar-refractivity contribution in [3.63, 3.8) is 0 Å². The van der Waals surface area contributed by atoms with E-state index in [0.717, 1.165) is 58.1 Å². The third kappa shape index (κ3) is 8.95. The highest BCUT2D eigenvalue weighted by Crippen LogP contribution is 2.45. The number of amides is 4. The summed E-state index contributed by atoms with van der Waals surface area (Å²) in [6.45, 7) is 4.74. The van der Waals surface area contributed by atoms with Crippen LogP contribution in [0.2, 0.25) is 5.15 Å². The number of methoxy groups -OCH3 is 2. The van der Waals surface area contributed by atoms with E-state index < -0.39 is 54.6 Å². The average Bonchev–Trinajstić information content (AvgIpc) is 3.97. The van der Waals surface area contributed by atoms with Crippen molar-refractivity contribution >= 4 is 41.3 Å². The highest BCUT2D eigenvalue weighted by atomic mass is 35.5. The van der Waals surface area contributed by atoms with E-state index in [-0.39, 0.29) is 22.9 Å². The Bertz CT molecular complexity index is 2430. The Balaban J connectivity index is 1.07. The number of anilines is 1. The summed E-state index contributed by atoms with van der Waals surface area (Å²) in [5, 5.41) is 5.33. The number of nitrogens with one attached hydrogen (secondary N) is 4. The van der Waals surface area contributed by atoms with E-state index >= 15 is 0 Å². The fraction of sp³-hybridized carbons (Fsp3) is 0.364. The third-order valence-electron chi connectivity index (χ3n) is 11.1. The number of H-pyrrole nitrogens is 2. The molecule has 4 heterocycles. The zero-order valence-electron chi connectivity index (χ0n) is 34.5. The molecule has 0 bridgehead atoms. The van der Waals surface area contributed by atoms with Gasteiger partial charge in [-0.2, -0.15) is 0 Å². The number of alkyl halides is 2. The second-order valence-corrected chi connectivity index (χ2v) is 16.1. The summed E-state index contributed by atoms with van der Waals surface area (Å²) >= 11 is 6.62. The Morgan fingerprint density at radius 3 is 2.18 bits per heavy atom. The highest BCUT2D eigenvalue weighted by Gasteiger charge is 2.43. The zero-order chi connectivity index (χ0) is 43.7. The zero-order valence-corrected chi connectivity index (χ0v) is 35.3. The van der Waals surface area contributed by atoms with Gasteiger partial charge in [-0.25, -0.2) is 28.3 Å². The molecular weight excluding hydrogens is 810 g/mol. The molecule has 0 fully saturated rings. The number of carbonyl (C=O) groups excluding carboxylic acids is 4. The number of benzene rings is 3. The maximum atomic E-state index is 14.5. The lowest BCUT2D eigenvalue weighted by Crippen LogP contribution is -2.54. The molecule has 17 heteroatoms. The summed E-state index contributed by atoms with van der Waals surface area (Å²) in [6.07, 6.45) is 1.91. The summed E-state index contributed by atoms with van der Waals surface area (Å²) in [7, 11) is 2.43. The molecule has 0 spiro atoms. The number of nitrogens with zero attached hydrogens (tertiary/aromatic N) is 4. The quantitative estimate of drug-likeness (QED) is 0.0976. The van der Waals surface area contributed by atoms with Gasteiger partial charge in [0.1, 0.15) is 34.6 Å². The van der Waals surface area contributed by atoms with Gasteiger partial charge in [0.05, 0.1) is 50.4 Å². The van der Waals surface area contributed by atoms with Crippen LogP contribution in [0.3, 0.4) is 0 Å². The Kier molecular flexibility index (Phi) is 12.2. The van der Waals surface area contributed by atoms with Gasteiger partial charge >= 0.3 is 12.2 Å². The Hall–Kier alpha value is -6.29. The van der Waals surface area contributed by atoms with E-state index in [4.69, 9.17) is 21.3 Å². The lowest BCUT2D eigenvalue weighted by molar-refractivity contribution is -0.142. The number of hydrogen-bond acceptors (Lipinski definition) is 8. The number of hydrogen-bond donors (Lipinski definition) is 4. The minimum absolute atomic E-state index is 0.168. The number of aromatic nitrogens is 4. The van der Waals surface area contributed by atoms with Crippen molar-refractivity contribution in [3.05, 3.63) is 101 Å². The van der Waals surface area contributed by atoms with Gasteiger partial charge in [0.15, 0.2) is 0 Å². The fourth-order valence-electron chi connectivity index (χ4n) is 7.99. The number of ether oxygens (including phenoxy) is 2. The standard InChI is InChI=1S/C44H47ClF2N8O6/c1-23(2)34(52-43(59)61-6)41(57)54(22-44(4,46)47)24(3)38-51-35(37(45)53-38)28-16-12-26(13-17-28)25-10-14-27(15-11-25)32-21-48-39(49-32)33-20-30-9-7-8-29-18-19-31(50-42(58)60-5)40(56)55(33)36(29)30/h7-17,21,23-24,31,33-34H,18-20,22H2,1-6H3,(H,48,49)(H,50,58)(H,51,53)(H,52,59)/t24-,31-,33-,34-/m0/s1. The molecule has 3 aromatic carbocycles. The lowest BCUT2D eigenvalue weighted by Gasteiger charge is -2.34. The molecule has 2 aromatic heterocycles. The number of rotatable bonds is 12. The van der Waals surface area contributed by atoms with Crippen molar-refractivity contribution in [2.75, 3.05) is 25.7 Å². The van der Waals surface area contributed by atoms with Crippen molar-refractivity contribution in [2.24, 2.45) is 5.92 Å². The first-order chi connectivity index (χ1) is 29.1. The van der Waals surface area contributed by atoms with Gasteiger partial charge in [-0.05, 0) is 53.5 Å². The van der Waals surface area contributed by atoms with E-state index in [0.29, 0.717) is 36.3 Å². The molecule has 4 atom stereocenters.